The molecule has 1 aliphatic heterocycles. The van der Waals surface area contributed by atoms with Gasteiger partial charge in [0.15, 0.2) is 5.82 Å². The summed E-state index contributed by atoms with van der Waals surface area (Å²) in [4.78, 5) is 72.1. The summed E-state index contributed by atoms with van der Waals surface area (Å²) in [7, 11) is -2.79. The van der Waals surface area contributed by atoms with E-state index >= 15 is 0 Å². The number of quaternary nitrogens is 1. The monoisotopic (exact) mass is 1300 g/mol. The number of fused-ring (bicyclic) bond motifs is 1. The van der Waals surface area contributed by atoms with Gasteiger partial charge in [0.05, 0.1) is 42.3 Å². The summed E-state index contributed by atoms with van der Waals surface area (Å²) in [6.45, 7) is 10.8. The molecule has 0 radical (unpaired) electrons. The zero-order chi connectivity index (χ0) is 65.0. The van der Waals surface area contributed by atoms with E-state index < -0.39 is 58.2 Å². The van der Waals surface area contributed by atoms with Crippen LogP contribution in [-0.2, 0) is 44.4 Å². The maximum Gasteiger partial charge on any atom is 0.345 e. The summed E-state index contributed by atoms with van der Waals surface area (Å²) < 4.78 is 72.3. The van der Waals surface area contributed by atoms with E-state index in [4.69, 9.17) is 37.3 Å². The molecule has 91 heavy (non-hydrogen) atoms. The largest absolute Gasteiger partial charge is 0.716 e. The second-order valence-corrected chi connectivity index (χ2v) is 24.9. The van der Waals surface area contributed by atoms with Gasteiger partial charge in [-0.25, -0.2) is 42.3 Å². The van der Waals surface area contributed by atoms with Crippen molar-refractivity contribution in [3.63, 3.8) is 0 Å². The zero-order valence-corrected chi connectivity index (χ0v) is 52.7. The number of anilines is 1. The molecule has 4 amide bonds. The van der Waals surface area contributed by atoms with Crippen LogP contribution in [0.4, 0.5) is 14.9 Å². The lowest BCUT2D eigenvalue weighted by molar-refractivity contribution is -0.926. The first-order valence-corrected chi connectivity index (χ1v) is 31.7. The van der Waals surface area contributed by atoms with Gasteiger partial charge in [-0.3, -0.25) is 14.5 Å². The Kier molecular flexibility index (Phi) is 21.8. The quantitative estimate of drug-likeness (QED) is 0.0116. The number of thiophene rings is 1. The first-order valence-electron chi connectivity index (χ1n) is 29.2. The van der Waals surface area contributed by atoms with Crippen LogP contribution in [0, 0.1) is 18.7 Å². The number of nitrogens with zero attached hydrogens (tertiary/aromatic N) is 6. The molecular formula is C64H69ClFN11O12S2. The number of para-hydroxylation sites is 1. The smallest absolute Gasteiger partial charge is 0.345 e. The van der Waals surface area contributed by atoms with Crippen LogP contribution in [0.3, 0.4) is 0 Å². The molecule has 1 aliphatic rings. The van der Waals surface area contributed by atoms with Crippen molar-refractivity contribution >= 4 is 73.1 Å². The van der Waals surface area contributed by atoms with Gasteiger partial charge in [0.1, 0.15) is 60.0 Å². The highest BCUT2D eigenvalue weighted by molar-refractivity contribution is 7.81. The summed E-state index contributed by atoms with van der Waals surface area (Å²) in [6.07, 6.45) is 1.78. The Hall–Kier alpha value is -8.89. The second-order valence-electron chi connectivity index (χ2n) is 22.5. The third kappa shape index (κ3) is 17.8. The number of benzene rings is 5. The van der Waals surface area contributed by atoms with Gasteiger partial charge in [-0.1, -0.05) is 86.1 Å². The predicted molar refractivity (Wildman–Crippen MR) is 341 cm³/mol. The fourth-order valence-corrected chi connectivity index (χ4v) is 12.1. The van der Waals surface area contributed by atoms with E-state index in [1.165, 1.54) is 54.2 Å². The number of carboxylic acids is 1. The lowest BCUT2D eigenvalue weighted by Crippen LogP contribution is -2.57. The molecule has 8 N–H and O–H groups in total. The number of nitrogens with one attached hydrogen (secondary N) is 3. The SMILES string of the molecule is Cc1c(-c2c(-c3ccc(F)cc3)sc3ncnc(O[C@H](Cc4ccccc4OCc4ccnc(-c5cccc(OS(=O)(=O)[O-])c5)n4)C(=O)O)c23)ccc(OCCN2CC[N+](C)(Cc3ccc(NC(=O)[C@H](CCCNC(N)=O)NC(=O)[C@@H](N)C(C)C)cc3)CC2)c1Cl. The van der Waals surface area contributed by atoms with Gasteiger partial charge < -0.3 is 60.0 Å². The van der Waals surface area contributed by atoms with Crippen molar-refractivity contribution in [3.8, 4) is 56.1 Å². The Bertz CT molecular complexity index is 4030. The Labute approximate surface area is 534 Å². The van der Waals surface area contributed by atoms with Crippen LogP contribution in [0.1, 0.15) is 49.1 Å². The molecule has 9 rings (SSSR count). The number of aromatic nitrogens is 4. The molecule has 27 heteroatoms. The molecule has 0 aliphatic carbocycles. The fourth-order valence-electron chi connectivity index (χ4n) is 10.4. The summed E-state index contributed by atoms with van der Waals surface area (Å²) in [6, 6.07) is 29.2. The summed E-state index contributed by atoms with van der Waals surface area (Å²) in [5.74, 6) is -1.89. The Morgan fingerprint density at radius 2 is 1.65 bits per heavy atom. The molecule has 3 aromatic heterocycles. The van der Waals surface area contributed by atoms with Gasteiger partial charge in [0, 0.05) is 66.1 Å². The van der Waals surface area contributed by atoms with Gasteiger partial charge in [0.2, 0.25) is 23.8 Å². The maximum atomic E-state index is 14.4. The third-order valence-electron chi connectivity index (χ3n) is 15.5. The molecule has 4 heterocycles. The number of hydrogen-bond acceptors (Lipinski definition) is 18. The number of urea groups is 1. The normalized spacial score (nSPS) is 14.3. The van der Waals surface area contributed by atoms with Crippen molar-refractivity contribution < 1.29 is 64.5 Å². The van der Waals surface area contributed by atoms with E-state index in [1.807, 2.05) is 51.1 Å². The highest BCUT2D eigenvalue weighted by Crippen LogP contribution is 2.49. The van der Waals surface area contributed by atoms with Gasteiger partial charge in [-0.2, -0.15) is 0 Å². The maximum absolute atomic E-state index is 14.4. The number of halogens is 2. The summed E-state index contributed by atoms with van der Waals surface area (Å²) >= 11 is 8.51. The minimum atomic E-state index is -5.02. The molecule has 1 saturated heterocycles. The van der Waals surface area contributed by atoms with Crippen LogP contribution >= 0.6 is 22.9 Å². The number of piperazine rings is 1. The van der Waals surface area contributed by atoms with E-state index in [1.54, 1.807) is 54.6 Å². The molecule has 0 unspecified atom stereocenters. The highest BCUT2D eigenvalue weighted by atomic mass is 35.5. The van der Waals surface area contributed by atoms with Crippen molar-refractivity contribution in [1.29, 1.82) is 0 Å². The average molecular weight is 1300 g/mol. The van der Waals surface area contributed by atoms with Crippen molar-refractivity contribution in [2.75, 3.05) is 58.2 Å². The standard InChI is InChI=1S/C64H69ClFN11O12S2/c1-38(2)56(67)60(79)75-49(12-8-25-70-64(68)82)59(78)74-45-20-14-40(15-21-45)35-77(4)30-27-76(28-31-77)29-32-86-51-23-22-48(39(3)55(51)65)53-54-61(71-37-72-62(54)90-57(53)41-16-18-44(66)19-17-41)88-52(63(80)81)34-42-9-5-6-13-50(42)87-36-46-24-26-69-58(73-46)43-10-7-11-47(33-43)89-91(83,84)85/h5-7,9-11,13-24,26,33,37-38,49,52,56H,8,12,25,27-32,34-36,67H2,1-4H3,(H6-,68,70,74,75,78,79,80,81,82,83,84,85)/t49-,52+,56-/m0/s1. The Balaban J connectivity index is 0.845. The van der Waals surface area contributed by atoms with Gasteiger partial charge >= 0.3 is 12.0 Å². The second kappa shape index (κ2) is 29.8. The third-order valence-corrected chi connectivity index (χ3v) is 17.5. The molecule has 0 spiro atoms. The lowest BCUT2D eigenvalue weighted by atomic mass is 9.96. The van der Waals surface area contributed by atoms with Crippen molar-refractivity contribution in [3.05, 3.63) is 161 Å². The van der Waals surface area contributed by atoms with Crippen LogP contribution in [0.5, 0.6) is 23.1 Å². The number of ether oxygens (including phenoxy) is 3. The molecule has 3 atom stereocenters. The molecular weight excluding hydrogens is 1230 g/mol. The minimum absolute atomic E-state index is 0.00997. The predicted octanol–water partition coefficient (Wildman–Crippen LogP) is 8.27. The number of nitrogens with two attached hydrogens (primary N) is 2. The number of aliphatic carboxylic acids is 1. The lowest BCUT2D eigenvalue weighted by Gasteiger charge is -2.42. The van der Waals surface area contributed by atoms with E-state index in [9.17, 15) is 41.6 Å². The zero-order valence-electron chi connectivity index (χ0n) is 50.3. The van der Waals surface area contributed by atoms with E-state index in [0.29, 0.717) is 95.9 Å². The number of likely N-dealkylation sites (N-methyl/N-ethyl adjacent to an activating group) is 1. The van der Waals surface area contributed by atoms with Gasteiger partial charge in [-0.15, -0.1) is 11.3 Å². The number of carboxylic acid groups (broad SMARTS) is 1. The fraction of sp³-hybridized carbons (Fsp3) is 0.312. The van der Waals surface area contributed by atoms with Gasteiger partial charge in [0.25, 0.3) is 10.4 Å². The van der Waals surface area contributed by atoms with Crippen LogP contribution in [-0.4, -0.2) is 142 Å². The topological polar surface area (TPSA) is 326 Å². The number of amides is 4. The van der Waals surface area contributed by atoms with Crippen LogP contribution in [0.2, 0.25) is 5.02 Å². The molecule has 5 aromatic carbocycles. The van der Waals surface area contributed by atoms with Crippen LogP contribution < -0.4 is 45.8 Å². The van der Waals surface area contributed by atoms with Gasteiger partial charge in [-0.05, 0) is 103 Å². The van der Waals surface area contributed by atoms with Crippen LogP contribution in [0.25, 0.3) is 43.2 Å². The number of rotatable bonds is 28. The molecule has 0 saturated carbocycles. The highest BCUT2D eigenvalue weighted by Gasteiger charge is 2.32. The number of primary amides is 1. The Morgan fingerprint density at radius 3 is 2.36 bits per heavy atom. The number of carbonyl (C=O) groups excluding carboxylic acids is 3. The van der Waals surface area contributed by atoms with Crippen molar-refractivity contribution in [2.45, 2.75) is 71.4 Å². The van der Waals surface area contributed by atoms with Crippen molar-refractivity contribution in [2.24, 2.45) is 17.4 Å². The van der Waals surface area contributed by atoms with Crippen LogP contribution in [0.15, 0.2) is 128 Å². The number of hydrogen-bond donors (Lipinski definition) is 6. The molecule has 8 aromatic rings. The first kappa shape index (κ1) is 66.5. The van der Waals surface area contributed by atoms with E-state index in [2.05, 4.69) is 52.0 Å². The van der Waals surface area contributed by atoms with E-state index in [-0.39, 0.29) is 49.4 Å². The molecule has 478 valence electrons. The molecule has 23 nitrogen and oxygen atoms in total. The number of carbonyl (C=O) groups is 4. The average Bonchev–Trinajstić information content (AvgIpc) is 1.64. The Morgan fingerprint density at radius 1 is 0.901 bits per heavy atom. The molecule has 1 fully saturated rings. The minimum Gasteiger partial charge on any atom is -0.716 e. The summed E-state index contributed by atoms with van der Waals surface area (Å²) in [5.41, 5.74) is 16.8. The molecule has 0 bridgehead atoms. The first-order chi connectivity index (χ1) is 43.5. The summed E-state index contributed by atoms with van der Waals surface area (Å²) in [5, 5.41) is 19.7. The van der Waals surface area contributed by atoms with E-state index in [0.717, 1.165) is 42.8 Å². The van der Waals surface area contributed by atoms with Crippen molar-refractivity contribution in [1.82, 2.24) is 35.5 Å².